The number of rotatable bonds is 4. The third kappa shape index (κ3) is 3.91. The molecule has 0 saturated heterocycles. The monoisotopic (exact) mass is 485 g/mol. The summed E-state index contributed by atoms with van der Waals surface area (Å²) in [6.07, 6.45) is 1.82. The summed E-state index contributed by atoms with van der Waals surface area (Å²) in [5, 5.41) is 2.09. The van der Waals surface area contributed by atoms with Crippen LogP contribution in [-0.4, -0.2) is 15.0 Å². The van der Waals surface area contributed by atoms with Gasteiger partial charge in [0.05, 0.1) is 16.7 Å². The summed E-state index contributed by atoms with van der Waals surface area (Å²) in [5.41, 5.74) is 9.37. The zero-order chi connectivity index (χ0) is 25.3. The summed E-state index contributed by atoms with van der Waals surface area (Å²) in [5.74, 6) is 0.675. The highest BCUT2D eigenvalue weighted by molar-refractivity contribution is 6.00. The highest BCUT2D eigenvalue weighted by Gasteiger charge is 2.17. The largest absolute Gasteiger partial charge is 0.255 e. The molecule has 0 spiro atoms. The highest BCUT2D eigenvalue weighted by atomic mass is 14.9. The second-order valence-electron chi connectivity index (χ2n) is 9.29. The van der Waals surface area contributed by atoms with Crippen LogP contribution < -0.4 is 0 Å². The predicted molar refractivity (Wildman–Crippen MR) is 157 cm³/mol. The molecule has 3 nitrogen and oxygen atoms in total. The average Bonchev–Trinajstić information content (AvgIpc) is 3.01. The van der Waals surface area contributed by atoms with E-state index in [1.54, 1.807) is 0 Å². The van der Waals surface area contributed by atoms with Crippen LogP contribution in [0.4, 0.5) is 0 Å². The minimum Gasteiger partial charge on any atom is -0.255 e. The van der Waals surface area contributed by atoms with E-state index >= 15 is 0 Å². The fourth-order valence-corrected chi connectivity index (χ4v) is 5.10. The van der Waals surface area contributed by atoms with Crippen molar-refractivity contribution >= 4 is 21.8 Å². The fourth-order valence-electron chi connectivity index (χ4n) is 5.10. The van der Waals surface area contributed by atoms with Crippen LogP contribution in [0.25, 0.3) is 66.7 Å². The van der Waals surface area contributed by atoms with E-state index in [1.165, 1.54) is 11.1 Å². The van der Waals surface area contributed by atoms with Gasteiger partial charge in [-0.25, -0.2) is 9.97 Å². The van der Waals surface area contributed by atoms with Gasteiger partial charge in [-0.1, -0.05) is 109 Å². The van der Waals surface area contributed by atoms with Gasteiger partial charge in [-0.2, -0.15) is 0 Å². The van der Waals surface area contributed by atoms with Crippen molar-refractivity contribution in [1.82, 2.24) is 15.0 Å². The Bertz CT molecular complexity index is 1910. The van der Waals surface area contributed by atoms with E-state index in [0.717, 1.165) is 49.8 Å². The van der Waals surface area contributed by atoms with Gasteiger partial charge in [0.1, 0.15) is 0 Å². The average molecular weight is 486 g/mol. The van der Waals surface area contributed by atoms with Gasteiger partial charge >= 0.3 is 0 Å². The Morgan fingerprint density at radius 1 is 0.447 bits per heavy atom. The zero-order valence-electron chi connectivity index (χ0n) is 20.6. The second-order valence-corrected chi connectivity index (χ2v) is 9.29. The van der Waals surface area contributed by atoms with Gasteiger partial charge < -0.3 is 0 Å². The minimum absolute atomic E-state index is 0.675. The molecule has 0 fully saturated rings. The zero-order valence-corrected chi connectivity index (χ0v) is 20.6. The lowest BCUT2D eigenvalue weighted by Gasteiger charge is -2.15. The Labute approximate surface area is 221 Å². The molecule has 0 atom stereocenters. The molecule has 0 aliphatic carbocycles. The minimum atomic E-state index is 0.675. The molecule has 0 aliphatic rings. The molecule has 0 aliphatic heterocycles. The Hall–Kier alpha value is -5.15. The lowest BCUT2D eigenvalue weighted by atomic mass is 9.92. The summed E-state index contributed by atoms with van der Waals surface area (Å²) in [7, 11) is 0. The fraction of sp³-hybridized carbons (Fsp3) is 0. The van der Waals surface area contributed by atoms with Crippen molar-refractivity contribution in [3.63, 3.8) is 0 Å². The molecule has 178 valence electrons. The second kappa shape index (κ2) is 9.38. The smallest absolute Gasteiger partial charge is 0.162 e. The van der Waals surface area contributed by atoms with Crippen molar-refractivity contribution in [2.24, 2.45) is 0 Å². The quantitative estimate of drug-likeness (QED) is 0.250. The van der Waals surface area contributed by atoms with Gasteiger partial charge in [0.15, 0.2) is 5.82 Å². The lowest BCUT2D eigenvalue weighted by Crippen LogP contribution is -1.98. The molecule has 0 unspecified atom stereocenters. The summed E-state index contributed by atoms with van der Waals surface area (Å²) in [4.78, 5) is 14.9. The molecular formula is C35H23N3. The van der Waals surface area contributed by atoms with Crippen LogP contribution in [0.3, 0.4) is 0 Å². The third-order valence-electron chi connectivity index (χ3n) is 6.94. The standard InChI is InChI=1S/C35H23N3/c1-3-11-24(12-4-1)27-20-21-28(31(23-27)25-13-5-2-6-14-25)34-29-17-7-8-19-32(29)37-35(38-34)30-18-9-15-26-16-10-22-36-33(26)30/h1-23H. The number of para-hydroxylation sites is 2. The number of pyridine rings is 1. The Balaban J connectivity index is 1.52. The van der Waals surface area contributed by atoms with Gasteiger partial charge in [-0.15, -0.1) is 0 Å². The van der Waals surface area contributed by atoms with E-state index in [2.05, 4.69) is 114 Å². The molecule has 7 rings (SSSR count). The first-order valence-electron chi connectivity index (χ1n) is 12.7. The van der Waals surface area contributed by atoms with Crippen molar-refractivity contribution < 1.29 is 0 Å². The molecule has 3 heteroatoms. The first-order chi connectivity index (χ1) is 18.8. The van der Waals surface area contributed by atoms with Gasteiger partial charge in [0.25, 0.3) is 0 Å². The molecular weight excluding hydrogens is 462 g/mol. The number of aromatic nitrogens is 3. The number of nitrogens with zero attached hydrogens (tertiary/aromatic N) is 3. The molecule has 0 bridgehead atoms. The first-order valence-corrected chi connectivity index (χ1v) is 12.7. The van der Waals surface area contributed by atoms with Crippen molar-refractivity contribution in [3.05, 3.63) is 140 Å². The number of hydrogen-bond acceptors (Lipinski definition) is 3. The van der Waals surface area contributed by atoms with Crippen molar-refractivity contribution in [1.29, 1.82) is 0 Å². The van der Waals surface area contributed by atoms with E-state index in [9.17, 15) is 0 Å². The maximum Gasteiger partial charge on any atom is 0.162 e. The molecule has 0 radical (unpaired) electrons. The maximum absolute atomic E-state index is 5.23. The van der Waals surface area contributed by atoms with Gasteiger partial charge in [-0.3, -0.25) is 4.98 Å². The van der Waals surface area contributed by atoms with Crippen molar-refractivity contribution in [3.8, 4) is 44.9 Å². The summed E-state index contributed by atoms with van der Waals surface area (Å²) in [6.45, 7) is 0. The van der Waals surface area contributed by atoms with Crippen LogP contribution in [0.1, 0.15) is 0 Å². The number of hydrogen-bond donors (Lipinski definition) is 0. The van der Waals surface area contributed by atoms with E-state index in [1.807, 2.05) is 30.5 Å². The molecule has 38 heavy (non-hydrogen) atoms. The molecule has 5 aromatic carbocycles. The SMILES string of the molecule is c1ccc(-c2ccc(-c3nc(-c4cccc5cccnc45)nc4ccccc34)c(-c3ccccc3)c2)cc1. The van der Waals surface area contributed by atoms with Crippen LogP contribution in [0.15, 0.2) is 140 Å². The van der Waals surface area contributed by atoms with Gasteiger partial charge in [-0.05, 0) is 46.5 Å². The van der Waals surface area contributed by atoms with Crippen LogP contribution >= 0.6 is 0 Å². The van der Waals surface area contributed by atoms with Gasteiger partial charge in [0.2, 0.25) is 0 Å². The highest BCUT2D eigenvalue weighted by Crippen LogP contribution is 2.39. The van der Waals surface area contributed by atoms with E-state index < -0.39 is 0 Å². The van der Waals surface area contributed by atoms with E-state index in [-0.39, 0.29) is 0 Å². The lowest BCUT2D eigenvalue weighted by molar-refractivity contribution is 1.23. The molecule has 7 aromatic rings. The Kier molecular flexibility index (Phi) is 5.45. The van der Waals surface area contributed by atoms with Gasteiger partial charge in [0, 0.05) is 28.1 Å². The molecule has 0 amide bonds. The number of benzene rings is 5. The molecule has 0 N–H and O–H groups in total. The van der Waals surface area contributed by atoms with Crippen LogP contribution in [0.5, 0.6) is 0 Å². The summed E-state index contributed by atoms with van der Waals surface area (Å²) in [6, 6.07) is 46.1. The summed E-state index contributed by atoms with van der Waals surface area (Å²) >= 11 is 0. The normalized spacial score (nSPS) is 11.2. The Morgan fingerprint density at radius 2 is 1.18 bits per heavy atom. The first kappa shape index (κ1) is 22.1. The topological polar surface area (TPSA) is 38.7 Å². The molecule has 2 heterocycles. The molecule has 2 aromatic heterocycles. The molecule has 0 saturated carbocycles. The van der Waals surface area contributed by atoms with E-state index in [4.69, 9.17) is 9.97 Å². The Morgan fingerprint density at radius 3 is 2.03 bits per heavy atom. The number of fused-ring (bicyclic) bond motifs is 2. The maximum atomic E-state index is 5.23. The van der Waals surface area contributed by atoms with E-state index in [0.29, 0.717) is 5.82 Å². The van der Waals surface area contributed by atoms with Crippen LogP contribution in [-0.2, 0) is 0 Å². The third-order valence-corrected chi connectivity index (χ3v) is 6.94. The van der Waals surface area contributed by atoms with Crippen LogP contribution in [0, 0.1) is 0 Å². The van der Waals surface area contributed by atoms with Crippen molar-refractivity contribution in [2.45, 2.75) is 0 Å². The predicted octanol–water partition coefficient (Wildman–Crippen LogP) is 8.85. The summed E-state index contributed by atoms with van der Waals surface area (Å²) < 4.78 is 0. The van der Waals surface area contributed by atoms with Crippen LogP contribution in [0.2, 0.25) is 0 Å². The van der Waals surface area contributed by atoms with Crippen molar-refractivity contribution in [2.75, 3.05) is 0 Å².